The number of amides is 1. The molecule has 0 saturated heterocycles. The average molecular weight is 460 g/mol. The summed E-state index contributed by atoms with van der Waals surface area (Å²) >= 11 is 0. The van der Waals surface area contributed by atoms with Gasteiger partial charge in [-0.05, 0) is 18.6 Å². The molecular weight excluding hydrogens is 444 g/mol. The first-order valence-electron chi connectivity index (χ1n) is 9.54. The van der Waals surface area contributed by atoms with Crippen LogP contribution >= 0.6 is 0 Å². The van der Waals surface area contributed by atoms with Gasteiger partial charge in [0, 0.05) is 23.5 Å². The molecule has 2 heterocycles. The fourth-order valence-electron chi connectivity index (χ4n) is 3.48. The van der Waals surface area contributed by atoms with Gasteiger partial charge >= 0.3 is 6.18 Å². The summed E-state index contributed by atoms with van der Waals surface area (Å²) in [5.41, 5.74) is -3.12. The molecule has 170 valence electrons. The number of aromatic nitrogens is 3. The van der Waals surface area contributed by atoms with Gasteiger partial charge in [0.2, 0.25) is 0 Å². The summed E-state index contributed by atoms with van der Waals surface area (Å²) in [7, 11) is 1.31. The molecule has 0 unspecified atom stereocenters. The summed E-state index contributed by atoms with van der Waals surface area (Å²) in [6.45, 7) is 1.37. The predicted molar refractivity (Wildman–Crippen MR) is 112 cm³/mol. The van der Waals surface area contributed by atoms with E-state index in [9.17, 15) is 27.2 Å². The first-order chi connectivity index (χ1) is 15.6. The number of alkyl halides is 3. The predicted octanol–water partition coefficient (Wildman–Crippen LogP) is 4.42. The van der Waals surface area contributed by atoms with Crippen molar-refractivity contribution >= 4 is 17.2 Å². The zero-order chi connectivity index (χ0) is 23.9. The van der Waals surface area contributed by atoms with E-state index in [0.717, 1.165) is 12.1 Å². The molecule has 0 spiro atoms. The van der Waals surface area contributed by atoms with E-state index in [1.165, 1.54) is 32.2 Å². The number of fused-ring (bicyclic) bond motifs is 1. The Labute approximate surface area is 183 Å². The smallest absolute Gasteiger partial charge is 0.435 e. The molecule has 0 bridgehead atoms. The van der Waals surface area contributed by atoms with E-state index >= 15 is 0 Å². The van der Waals surface area contributed by atoms with Gasteiger partial charge in [0.1, 0.15) is 22.8 Å². The normalized spacial score (nSPS) is 11.6. The molecule has 1 amide bonds. The maximum absolute atomic E-state index is 13.7. The van der Waals surface area contributed by atoms with Crippen molar-refractivity contribution in [3.8, 4) is 16.9 Å². The first-order valence-corrected chi connectivity index (χ1v) is 9.54. The molecule has 0 aliphatic heterocycles. The molecule has 7 nitrogen and oxygen atoms in total. The molecule has 0 fully saturated rings. The number of benzene rings is 2. The number of methoxy groups -OCH3 is 1. The number of hydrogen-bond donors (Lipinski definition) is 2. The highest BCUT2D eigenvalue weighted by molar-refractivity contribution is 6.05. The Hall–Kier alpha value is -4.15. The summed E-state index contributed by atoms with van der Waals surface area (Å²) in [5.74, 6) is -1.52. The van der Waals surface area contributed by atoms with Crippen molar-refractivity contribution < 1.29 is 27.1 Å². The van der Waals surface area contributed by atoms with Crippen molar-refractivity contribution in [1.29, 1.82) is 0 Å². The maximum Gasteiger partial charge on any atom is 0.435 e. The number of nitrogens with zero attached hydrogens (tertiary/aromatic N) is 2. The minimum atomic E-state index is -4.86. The number of nitrogens with one attached hydrogen (secondary N) is 2. The van der Waals surface area contributed by atoms with Gasteiger partial charge in [-0.1, -0.05) is 30.3 Å². The van der Waals surface area contributed by atoms with Crippen LogP contribution in [0.25, 0.3) is 16.8 Å². The van der Waals surface area contributed by atoms with Crippen LogP contribution in [0.3, 0.4) is 0 Å². The third kappa shape index (κ3) is 4.04. The number of aromatic amines is 1. The van der Waals surface area contributed by atoms with E-state index in [0.29, 0.717) is 4.52 Å². The third-order valence-electron chi connectivity index (χ3n) is 4.90. The number of H-pyrrole nitrogens is 1. The molecule has 0 atom stereocenters. The van der Waals surface area contributed by atoms with Gasteiger partial charge in [-0.3, -0.25) is 9.59 Å². The van der Waals surface area contributed by atoms with Gasteiger partial charge in [-0.2, -0.15) is 22.8 Å². The molecule has 4 aromatic rings. The minimum Gasteiger partial charge on any atom is -0.497 e. The number of anilines is 1. The third-order valence-corrected chi connectivity index (χ3v) is 4.90. The first kappa shape index (κ1) is 22.1. The van der Waals surface area contributed by atoms with Crippen LogP contribution in [0.4, 0.5) is 23.2 Å². The molecule has 0 aliphatic rings. The highest BCUT2D eigenvalue weighted by atomic mass is 19.4. The van der Waals surface area contributed by atoms with Crippen molar-refractivity contribution in [2.75, 3.05) is 12.4 Å². The zero-order valence-electron chi connectivity index (χ0n) is 17.2. The summed E-state index contributed by atoms with van der Waals surface area (Å²) in [5, 5.41) is 5.84. The van der Waals surface area contributed by atoms with Crippen molar-refractivity contribution in [2.45, 2.75) is 13.1 Å². The Balaban J connectivity index is 1.88. The second kappa shape index (κ2) is 8.08. The molecule has 33 heavy (non-hydrogen) atoms. The van der Waals surface area contributed by atoms with Crippen molar-refractivity contribution in [2.24, 2.45) is 0 Å². The lowest BCUT2D eigenvalue weighted by Crippen LogP contribution is -2.29. The van der Waals surface area contributed by atoms with Crippen LogP contribution in [0, 0.1) is 12.7 Å². The zero-order valence-corrected chi connectivity index (χ0v) is 17.2. The van der Waals surface area contributed by atoms with Crippen molar-refractivity contribution in [3.05, 3.63) is 81.7 Å². The SMILES string of the molecule is COc1cc(F)cc(NC(=O)c2c(C)[nH]c3c(-c4ccccc4)c(C(F)(F)F)nn3c2=O)c1. The van der Waals surface area contributed by atoms with Crippen molar-refractivity contribution in [3.63, 3.8) is 0 Å². The monoisotopic (exact) mass is 460 g/mol. The summed E-state index contributed by atoms with van der Waals surface area (Å²) < 4.78 is 60.4. The Bertz CT molecular complexity index is 1430. The molecule has 0 aliphatic carbocycles. The topological polar surface area (TPSA) is 88.5 Å². The van der Waals surface area contributed by atoms with Crippen LogP contribution in [-0.2, 0) is 6.18 Å². The van der Waals surface area contributed by atoms with Gasteiger partial charge in [0.25, 0.3) is 11.5 Å². The maximum atomic E-state index is 13.7. The second-order valence-corrected chi connectivity index (χ2v) is 7.11. The number of ether oxygens (including phenoxy) is 1. The van der Waals surface area contributed by atoms with Crippen molar-refractivity contribution in [1.82, 2.24) is 14.6 Å². The second-order valence-electron chi connectivity index (χ2n) is 7.11. The molecule has 2 aromatic carbocycles. The van der Waals surface area contributed by atoms with Crippen LogP contribution in [0.5, 0.6) is 5.75 Å². The minimum absolute atomic E-state index is 0.00262. The largest absolute Gasteiger partial charge is 0.497 e. The number of carbonyl (C=O) groups excluding carboxylic acids is 1. The highest BCUT2D eigenvalue weighted by Crippen LogP contribution is 2.38. The Morgan fingerprint density at radius 1 is 1.15 bits per heavy atom. The van der Waals surface area contributed by atoms with Crippen LogP contribution in [0.15, 0.2) is 53.3 Å². The van der Waals surface area contributed by atoms with E-state index in [-0.39, 0.29) is 33.9 Å². The number of hydrogen-bond acceptors (Lipinski definition) is 4. The average Bonchev–Trinajstić information content (AvgIpc) is 3.14. The Morgan fingerprint density at radius 3 is 2.48 bits per heavy atom. The lowest BCUT2D eigenvalue weighted by Gasteiger charge is -2.10. The van der Waals surface area contributed by atoms with Gasteiger partial charge in [0.15, 0.2) is 5.69 Å². The lowest BCUT2D eigenvalue weighted by molar-refractivity contribution is -0.140. The summed E-state index contributed by atoms with van der Waals surface area (Å²) in [6.07, 6.45) is -4.86. The highest BCUT2D eigenvalue weighted by Gasteiger charge is 2.39. The van der Waals surface area contributed by atoms with E-state index in [4.69, 9.17) is 4.74 Å². The number of aryl methyl sites for hydroxylation is 1. The number of rotatable bonds is 4. The fraction of sp³-hybridized carbons (Fsp3) is 0.136. The van der Waals surface area contributed by atoms with Crippen LogP contribution < -0.4 is 15.6 Å². The van der Waals surface area contributed by atoms with Crippen LogP contribution in [-0.4, -0.2) is 27.6 Å². The van der Waals surface area contributed by atoms with Gasteiger partial charge in [-0.25, -0.2) is 4.39 Å². The molecular formula is C22H16F4N4O3. The summed E-state index contributed by atoms with van der Waals surface area (Å²) in [6, 6.07) is 11.1. The Morgan fingerprint density at radius 2 is 1.85 bits per heavy atom. The van der Waals surface area contributed by atoms with Crippen LogP contribution in [0.2, 0.25) is 0 Å². The number of halogens is 4. The van der Waals surface area contributed by atoms with E-state index < -0.39 is 34.7 Å². The lowest BCUT2D eigenvalue weighted by atomic mass is 10.1. The van der Waals surface area contributed by atoms with Crippen LogP contribution in [0.1, 0.15) is 21.7 Å². The molecule has 4 rings (SSSR count). The molecule has 2 N–H and O–H groups in total. The Kier molecular flexibility index (Phi) is 5.40. The van der Waals surface area contributed by atoms with Gasteiger partial charge in [-0.15, -0.1) is 0 Å². The number of carbonyl (C=O) groups is 1. The van der Waals surface area contributed by atoms with E-state index in [1.807, 2.05) is 0 Å². The van der Waals surface area contributed by atoms with Gasteiger partial charge in [0.05, 0.1) is 12.7 Å². The molecule has 11 heteroatoms. The fourth-order valence-corrected chi connectivity index (χ4v) is 3.48. The van der Waals surface area contributed by atoms with E-state index in [2.05, 4.69) is 15.4 Å². The molecule has 2 aromatic heterocycles. The van der Waals surface area contributed by atoms with E-state index in [1.54, 1.807) is 18.2 Å². The molecule has 0 saturated carbocycles. The molecule has 0 radical (unpaired) electrons. The van der Waals surface area contributed by atoms with Gasteiger partial charge < -0.3 is 15.0 Å². The standard InChI is InChI=1S/C22H16F4N4O3/c1-11-16(20(31)28-14-8-13(23)9-15(10-14)33-2)21(32)30-19(27-11)17(12-6-4-3-5-7-12)18(29-30)22(24,25)26/h3-10,27H,1-2H3,(H,28,31). The summed E-state index contributed by atoms with van der Waals surface area (Å²) in [4.78, 5) is 28.6. The quantitative estimate of drug-likeness (QED) is 0.442.